The molecule has 0 unspecified atom stereocenters. The Balaban J connectivity index is 2.02. The molecular weight excluding hydrogens is 293 g/mol. The minimum absolute atomic E-state index is 0.361. The van der Waals surface area contributed by atoms with Crippen LogP contribution in [0.25, 0.3) is 33.5 Å². The van der Waals surface area contributed by atoms with E-state index >= 15 is 0 Å². The Labute approximate surface area is 131 Å². The van der Waals surface area contributed by atoms with Crippen molar-refractivity contribution in [2.24, 2.45) is 7.05 Å². The lowest BCUT2D eigenvalue weighted by Crippen LogP contribution is -1.93. The van der Waals surface area contributed by atoms with Gasteiger partial charge in [0.15, 0.2) is 0 Å². The van der Waals surface area contributed by atoms with Crippen LogP contribution in [0.5, 0.6) is 0 Å². The lowest BCUT2D eigenvalue weighted by Gasteiger charge is -2.06. The highest BCUT2D eigenvalue weighted by Gasteiger charge is 2.19. The van der Waals surface area contributed by atoms with E-state index in [0.29, 0.717) is 5.69 Å². The molecule has 0 saturated carbocycles. The van der Waals surface area contributed by atoms with Gasteiger partial charge in [-0.1, -0.05) is 0 Å². The number of rotatable bonds is 2. The van der Waals surface area contributed by atoms with E-state index in [1.54, 1.807) is 12.3 Å². The fraction of sp³-hybridized carbons (Fsp3) is 0.118. The van der Waals surface area contributed by atoms with Crippen LogP contribution in [0.2, 0.25) is 0 Å². The number of nitrogens with one attached hydrogen (secondary N) is 1. The number of H-pyrrole nitrogens is 1. The number of nitrogens with zero attached hydrogens (tertiary/aromatic N) is 4. The van der Waals surface area contributed by atoms with Gasteiger partial charge in [0.2, 0.25) is 0 Å². The fourth-order valence-electron chi connectivity index (χ4n) is 2.80. The van der Waals surface area contributed by atoms with Crippen LogP contribution in [-0.2, 0) is 7.05 Å². The lowest BCUT2D eigenvalue weighted by atomic mass is 10.00. The molecule has 114 valence electrons. The van der Waals surface area contributed by atoms with Gasteiger partial charge >= 0.3 is 0 Å². The summed E-state index contributed by atoms with van der Waals surface area (Å²) in [5.41, 5.74) is 5.23. The van der Waals surface area contributed by atoms with Crippen LogP contribution in [0, 0.1) is 12.7 Å². The minimum atomic E-state index is -0.361. The number of pyridine rings is 2. The third-order valence-electron chi connectivity index (χ3n) is 4.03. The number of aryl methyl sites for hydroxylation is 1. The fourth-order valence-corrected chi connectivity index (χ4v) is 2.80. The first-order valence-electron chi connectivity index (χ1n) is 7.23. The molecule has 4 aromatic rings. The van der Waals surface area contributed by atoms with Crippen molar-refractivity contribution in [2.45, 2.75) is 6.92 Å². The Morgan fingerprint density at radius 3 is 2.78 bits per heavy atom. The van der Waals surface area contributed by atoms with E-state index in [1.165, 1.54) is 12.3 Å². The van der Waals surface area contributed by atoms with Crippen molar-refractivity contribution in [1.29, 1.82) is 0 Å². The van der Waals surface area contributed by atoms with Gasteiger partial charge < -0.3 is 4.98 Å². The maximum atomic E-state index is 13.2. The molecule has 4 rings (SSSR count). The Kier molecular flexibility index (Phi) is 2.97. The molecule has 0 amide bonds. The molecule has 0 fully saturated rings. The van der Waals surface area contributed by atoms with Gasteiger partial charge in [0.1, 0.15) is 17.2 Å². The molecule has 0 saturated heterocycles. The first-order valence-corrected chi connectivity index (χ1v) is 7.23. The van der Waals surface area contributed by atoms with Crippen LogP contribution < -0.4 is 0 Å². The normalized spacial score (nSPS) is 11.3. The lowest BCUT2D eigenvalue weighted by molar-refractivity contribution is 0.621. The van der Waals surface area contributed by atoms with Crippen LogP contribution in [-0.4, -0.2) is 24.7 Å². The second kappa shape index (κ2) is 5.01. The largest absolute Gasteiger partial charge is 0.346 e. The van der Waals surface area contributed by atoms with Crippen LogP contribution in [0.1, 0.15) is 5.69 Å². The van der Waals surface area contributed by atoms with E-state index < -0.39 is 0 Å². The van der Waals surface area contributed by atoms with Gasteiger partial charge in [-0.25, -0.2) is 9.37 Å². The minimum Gasteiger partial charge on any atom is -0.346 e. The van der Waals surface area contributed by atoms with Crippen molar-refractivity contribution in [1.82, 2.24) is 24.7 Å². The SMILES string of the molecule is Cc1c(-c2ccnc3[nH]ccc23)c(-c2ccc(F)cn2)nn1C. The summed E-state index contributed by atoms with van der Waals surface area (Å²) in [5.74, 6) is -0.361. The molecular formula is C17H14FN5. The number of aromatic amines is 1. The van der Waals surface area contributed by atoms with Crippen LogP contribution in [0.15, 0.2) is 42.9 Å². The molecule has 0 aliphatic heterocycles. The Bertz CT molecular complexity index is 998. The molecule has 0 radical (unpaired) electrons. The molecule has 0 aliphatic carbocycles. The number of hydrogen-bond acceptors (Lipinski definition) is 3. The second-order valence-corrected chi connectivity index (χ2v) is 5.39. The van der Waals surface area contributed by atoms with Crippen molar-refractivity contribution in [3.05, 3.63) is 54.4 Å². The zero-order valence-electron chi connectivity index (χ0n) is 12.7. The molecule has 4 aromatic heterocycles. The Morgan fingerprint density at radius 1 is 1.13 bits per heavy atom. The molecule has 4 heterocycles. The Hall–Kier alpha value is -3.02. The molecule has 0 aliphatic rings. The van der Waals surface area contributed by atoms with Gasteiger partial charge in [-0.2, -0.15) is 5.10 Å². The van der Waals surface area contributed by atoms with Crippen LogP contribution in [0.4, 0.5) is 4.39 Å². The summed E-state index contributed by atoms with van der Waals surface area (Å²) in [6, 6.07) is 7.00. The monoisotopic (exact) mass is 307 g/mol. The van der Waals surface area contributed by atoms with E-state index in [-0.39, 0.29) is 5.82 Å². The van der Waals surface area contributed by atoms with E-state index in [0.717, 1.165) is 33.5 Å². The smallest absolute Gasteiger partial charge is 0.141 e. The van der Waals surface area contributed by atoms with E-state index in [2.05, 4.69) is 20.1 Å². The maximum Gasteiger partial charge on any atom is 0.141 e. The summed E-state index contributed by atoms with van der Waals surface area (Å²) in [7, 11) is 1.89. The van der Waals surface area contributed by atoms with Gasteiger partial charge in [-0.3, -0.25) is 9.67 Å². The predicted molar refractivity (Wildman–Crippen MR) is 86.2 cm³/mol. The molecule has 0 spiro atoms. The number of fused-ring (bicyclic) bond motifs is 1. The topological polar surface area (TPSA) is 59.4 Å². The van der Waals surface area contributed by atoms with Crippen molar-refractivity contribution in [3.63, 3.8) is 0 Å². The standard InChI is InChI=1S/C17H14FN5/c1-10-15(12-5-7-19-17-13(12)6-8-20-17)16(22-23(10)2)14-4-3-11(18)9-21-14/h3-9H,1-2H3,(H,19,20). The van der Waals surface area contributed by atoms with E-state index in [1.807, 2.05) is 37.0 Å². The van der Waals surface area contributed by atoms with Crippen molar-refractivity contribution < 1.29 is 4.39 Å². The van der Waals surface area contributed by atoms with Gasteiger partial charge in [0, 0.05) is 36.1 Å². The molecule has 0 aromatic carbocycles. The van der Waals surface area contributed by atoms with Crippen molar-refractivity contribution in [3.8, 4) is 22.5 Å². The van der Waals surface area contributed by atoms with Gasteiger partial charge in [0.05, 0.1) is 11.9 Å². The summed E-state index contributed by atoms with van der Waals surface area (Å²) in [5, 5.41) is 5.60. The summed E-state index contributed by atoms with van der Waals surface area (Å²) in [6.45, 7) is 2.01. The van der Waals surface area contributed by atoms with Crippen molar-refractivity contribution >= 4 is 11.0 Å². The molecule has 5 nitrogen and oxygen atoms in total. The third kappa shape index (κ3) is 2.11. The average Bonchev–Trinajstić information content (AvgIpc) is 3.14. The Morgan fingerprint density at radius 2 is 2.00 bits per heavy atom. The molecule has 6 heteroatoms. The number of halogens is 1. The van der Waals surface area contributed by atoms with Crippen LogP contribution >= 0.6 is 0 Å². The average molecular weight is 307 g/mol. The third-order valence-corrected chi connectivity index (χ3v) is 4.03. The highest BCUT2D eigenvalue weighted by Crippen LogP contribution is 2.36. The zero-order chi connectivity index (χ0) is 16.0. The summed E-state index contributed by atoms with van der Waals surface area (Å²) < 4.78 is 15.0. The number of hydrogen-bond donors (Lipinski definition) is 1. The number of aromatic nitrogens is 5. The second-order valence-electron chi connectivity index (χ2n) is 5.39. The van der Waals surface area contributed by atoms with Crippen LogP contribution in [0.3, 0.4) is 0 Å². The quantitative estimate of drug-likeness (QED) is 0.617. The van der Waals surface area contributed by atoms with Gasteiger partial charge in [-0.05, 0) is 36.8 Å². The summed E-state index contributed by atoms with van der Waals surface area (Å²) >= 11 is 0. The first kappa shape index (κ1) is 13.6. The maximum absolute atomic E-state index is 13.2. The molecule has 1 N–H and O–H groups in total. The summed E-state index contributed by atoms with van der Waals surface area (Å²) in [4.78, 5) is 11.6. The predicted octanol–water partition coefficient (Wildman–Crippen LogP) is 3.47. The zero-order valence-corrected chi connectivity index (χ0v) is 12.7. The first-order chi connectivity index (χ1) is 11.1. The van der Waals surface area contributed by atoms with Gasteiger partial charge in [0.25, 0.3) is 0 Å². The molecule has 23 heavy (non-hydrogen) atoms. The highest BCUT2D eigenvalue weighted by atomic mass is 19.1. The molecule has 0 atom stereocenters. The van der Waals surface area contributed by atoms with Gasteiger partial charge in [-0.15, -0.1) is 0 Å². The van der Waals surface area contributed by atoms with E-state index in [4.69, 9.17) is 0 Å². The van der Waals surface area contributed by atoms with Crippen molar-refractivity contribution in [2.75, 3.05) is 0 Å². The molecule has 0 bridgehead atoms. The highest BCUT2D eigenvalue weighted by molar-refractivity contribution is 5.97. The van der Waals surface area contributed by atoms with E-state index in [9.17, 15) is 4.39 Å². The summed E-state index contributed by atoms with van der Waals surface area (Å²) in [6.07, 6.45) is 4.84.